The number of carbonyl (C=O) groups excluding carboxylic acids is 1. The average Bonchev–Trinajstić information content (AvgIpc) is 2.93. The quantitative estimate of drug-likeness (QED) is 0.838. The van der Waals surface area contributed by atoms with E-state index in [1.807, 2.05) is 30.3 Å². The van der Waals surface area contributed by atoms with Crippen LogP contribution in [0.2, 0.25) is 0 Å². The van der Waals surface area contributed by atoms with Gasteiger partial charge in [0.1, 0.15) is 0 Å². The van der Waals surface area contributed by atoms with Crippen LogP contribution in [0.5, 0.6) is 0 Å². The number of benzene rings is 1. The van der Waals surface area contributed by atoms with Crippen molar-refractivity contribution in [2.75, 3.05) is 6.61 Å². The van der Waals surface area contributed by atoms with Crippen LogP contribution in [0.3, 0.4) is 0 Å². The molecule has 1 aromatic carbocycles. The molecule has 2 rings (SSSR count). The monoisotopic (exact) mass is 259 g/mol. The number of carbonyl (C=O) groups is 1. The Hall–Kier alpha value is -2.07. The highest BCUT2D eigenvalue weighted by Crippen LogP contribution is 2.24. The molecule has 100 valence electrons. The van der Waals surface area contributed by atoms with E-state index in [0.717, 1.165) is 16.7 Å². The summed E-state index contributed by atoms with van der Waals surface area (Å²) in [5, 5.41) is 0. The molecule has 0 saturated heterocycles. The van der Waals surface area contributed by atoms with Gasteiger partial charge < -0.3 is 14.9 Å². The molecule has 0 unspecified atom stereocenters. The maximum absolute atomic E-state index is 11.4. The average molecular weight is 259 g/mol. The molecule has 0 bridgehead atoms. The van der Waals surface area contributed by atoms with Crippen LogP contribution in [0.4, 0.5) is 0 Å². The Labute approximate surface area is 112 Å². The minimum atomic E-state index is -0.356. The van der Waals surface area contributed by atoms with Gasteiger partial charge in [0.25, 0.3) is 0 Å². The maximum Gasteiger partial charge on any atom is 0.307 e. The number of hydrogen-bond donors (Lipinski definition) is 1. The fraction of sp³-hybridized carbons (Fsp3) is 0.267. The van der Waals surface area contributed by atoms with Gasteiger partial charge in [0.15, 0.2) is 0 Å². The molecule has 19 heavy (non-hydrogen) atoms. The van der Waals surface area contributed by atoms with Gasteiger partial charge in [0.2, 0.25) is 0 Å². The lowest BCUT2D eigenvalue weighted by molar-refractivity contribution is -0.143. The fourth-order valence-electron chi connectivity index (χ4n) is 1.89. The maximum atomic E-state index is 11.4. The summed E-state index contributed by atoms with van der Waals surface area (Å²) in [5.41, 5.74) is 8.94. The normalized spacial score (nSPS) is 12.1. The van der Waals surface area contributed by atoms with Gasteiger partial charge in [-0.1, -0.05) is 18.2 Å². The van der Waals surface area contributed by atoms with Crippen molar-refractivity contribution in [2.24, 2.45) is 5.73 Å². The van der Waals surface area contributed by atoms with Crippen LogP contribution in [0.15, 0.2) is 47.3 Å². The van der Waals surface area contributed by atoms with Crippen LogP contribution in [0.1, 0.15) is 24.9 Å². The lowest BCUT2D eigenvalue weighted by Gasteiger charge is -2.12. The number of hydrogen-bond acceptors (Lipinski definition) is 4. The Balaban J connectivity index is 2.12. The van der Waals surface area contributed by atoms with Crippen molar-refractivity contribution in [3.8, 4) is 11.1 Å². The zero-order chi connectivity index (χ0) is 13.7. The summed E-state index contributed by atoms with van der Waals surface area (Å²) in [5.74, 6) is -0.274. The van der Waals surface area contributed by atoms with E-state index in [0.29, 0.717) is 6.61 Å². The summed E-state index contributed by atoms with van der Waals surface area (Å²) in [6, 6.07) is 9.30. The number of rotatable bonds is 5. The lowest BCUT2D eigenvalue weighted by atomic mass is 10.00. The minimum Gasteiger partial charge on any atom is -0.472 e. The predicted octanol–water partition coefficient (Wildman–Crippen LogP) is 2.90. The summed E-state index contributed by atoms with van der Waals surface area (Å²) < 4.78 is 9.96. The fourth-order valence-corrected chi connectivity index (χ4v) is 1.89. The highest BCUT2D eigenvalue weighted by molar-refractivity contribution is 5.71. The molecule has 0 saturated carbocycles. The molecule has 4 heteroatoms. The van der Waals surface area contributed by atoms with E-state index in [9.17, 15) is 4.79 Å². The summed E-state index contributed by atoms with van der Waals surface area (Å²) in [4.78, 5) is 11.4. The van der Waals surface area contributed by atoms with E-state index in [-0.39, 0.29) is 18.4 Å². The molecule has 0 aliphatic rings. The first-order valence-corrected chi connectivity index (χ1v) is 6.24. The number of furan rings is 1. The molecule has 2 N–H and O–H groups in total. The van der Waals surface area contributed by atoms with Crippen molar-refractivity contribution >= 4 is 5.97 Å². The number of ether oxygens (including phenoxy) is 1. The molecular weight excluding hydrogens is 242 g/mol. The van der Waals surface area contributed by atoms with E-state index in [1.165, 1.54) is 0 Å². The number of esters is 1. The molecule has 1 atom stereocenters. The second kappa shape index (κ2) is 6.20. The second-order valence-electron chi connectivity index (χ2n) is 4.25. The molecule has 0 fully saturated rings. The summed E-state index contributed by atoms with van der Waals surface area (Å²) in [6.45, 7) is 2.16. The van der Waals surface area contributed by atoms with Crippen LogP contribution >= 0.6 is 0 Å². The zero-order valence-corrected chi connectivity index (χ0v) is 10.8. The molecule has 0 radical (unpaired) electrons. The van der Waals surface area contributed by atoms with Crippen LogP contribution in [0, 0.1) is 0 Å². The summed E-state index contributed by atoms with van der Waals surface area (Å²) in [7, 11) is 0. The van der Waals surface area contributed by atoms with Gasteiger partial charge in [-0.3, -0.25) is 4.79 Å². The highest BCUT2D eigenvalue weighted by Gasteiger charge is 2.13. The molecular formula is C15H17NO3. The van der Waals surface area contributed by atoms with Gasteiger partial charge in [0.05, 0.1) is 25.6 Å². The first kappa shape index (κ1) is 13.4. The smallest absolute Gasteiger partial charge is 0.307 e. The predicted molar refractivity (Wildman–Crippen MR) is 72.3 cm³/mol. The largest absolute Gasteiger partial charge is 0.472 e. The standard InChI is InChI=1S/C15H17NO3/c1-2-19-15(17)9-14(16)12-5-3-4-11(8-12)13-6-7-18-10-13/h3-8,10,14H,2,9,16H2,1H3/t14-/m0/s1. The van der Waals surface area contributed by atoms with Crippen LogP contribution < -0.4 is 5.73 Å². The van der Waals surface area contributed by atoms with Gasteiger partial charge in [0, 0.05) is 11.6 Å². The third-order valence-electron chi connectivity index (χ3n) is 2.86. The molecule has 2 aromatic rings. The molecule has 0 amide bonds. The van der Waals surface area contributed by atoms with Gasteiger partial charge in [-0.25, -0.2) is 0 Å². The zero-order valence-electron chi connectivity index (χ0n) is 10.8. The van der Waals surface area contributed by atoms with Crippen molar-refractivity contribution in [3.05, 3.63) is 48.4 Å². The Morgan fingerprint density at radius 1 is 1.37 bits per heavy atom. The SMILES string of the molecule is CCOC(=O)C[C@H](N)c1cccc(-c2ccoc2)c1. The van der Waals surface area contributed by atoms with E-state index >= 15 is 0 Å². The molecule has 1 aromatic heterocycles. The van der Waals surface area contributed by atoms with Crippen molar-refractivity contribution in [1.29, 1.82) is 0 Å². The van der Waals surface area contributed by atoms with Crippen LogP contribution in [-0.2, 0) is 9.53 Å². The molecule has 4 nitrogen and oxygen atoms in total. The van der Waals surface area contributed by atoms with Gasteiger partial charge >= 0.3 is 5.97 Å². The second-order valence-corrected chi connectivity index (χ2v) is 4.25. The Morgan fingerprint density at radius 3 is 2.89 bits per heavy atom. The third-order valence-corrected chi connectivity index (χ3v) is 2.86. The van der Waals surface area contributed by atoms with Gasteiger partial charge in [-0.05, 0) is 30.2 Å². The van der Waals surface area contributed by atoms with E-state index in [1.54, 1.807) is 19.5 Å². The Bertz CT molecular complexity index is 534. The Kier molecular flexibility index (Phi) is 4.36. The van der Waals surface area contributed by atoms with Crippen molar-refractivity contribution in [3.63, 3.8) is 0 Å². The van der Waals surface area contributed by atoms with Crippen LogP contribution in [0.25, 0.3) is 11.1 Å². The number of nitrogens with two attached hydrogens (primary N) is 1. The van der Waals surface area contributed by atoms with Crippen molar-refractivity contribution in [1.82, 2.24) is 0 Å². The first-order chi connectivity index (χ1) is 9.20. The summed E-state index contributed by atoms with van der Waals surface area (Å²) in [6.07, 6.45) is 3.49. The molecule has 0 aliphatic carbocycles. The third kappa shape index (κ3) is 3.45. The van der Waals surface area contributed by atoms with Gasteiger partial charge in [-0.15, -0.1) is 0 Å². The topological polar surface area (TPSA) is 65.5 Å². The molecule has 1 heterocycles. The van der Waals surface area contributed by atoms with E-state index in [2.05, 4.69) is 0 Å². The summed E-state index contributed by atoms with van der Waals surface area (Å²) >= 11 is 0. The first-order valence-electron chi connectivity index (χ1n) is 6.24. The Morgan fingerprint density at radius 2 is 2.21 bits per heavy atom. The molecule has 0 spiro atoms. The highest BCUT2D eigenvalue weighted by atomic mass is 16.5. The van der Waals surface area contributed by atoms with E-state index < -0.39 is 0 Å². The van der Waals surface area contributed by atoms with Crippen molar-refractivity contribution in [2.45, 2.75) is 19.4 Å². The van der Waals surface area contributed by atoms with Gasteiger partial charge in [-0.2, -0.15) is 0 Å². The molecule has 0 aliphatic heterocycles. The van der Waals surface area contributed by atoms with Crippen molar-refractivity contribution < 1.29 is 13.9 Å². The van der Waals surface area contributed by atoms with Crippen LogP contribution in [-0.4, -0.2) is 12.6 Å². The van der Waals surface area contributed by atoms with E-state index in [4.69, 9.17) is 14.9 Å². The minimum absolute atomic E-state index is 0.183. The lowest BCUT2D eigenvalue weighted by Crippen LogP contribution is -2.17.